The lowest BCUT2D eigenvalue weighted by molar-refractivity contribution is 0.621. The minimum Gasteiger partial charge on any atom is -0.437 e. The van der Waals surface area contributed by atoms with Crippen LogP contribution in [0.5, 0.6) is 0 Å². The SMILES string of the molecule is Cc1ccc2c(oc3nc(CC(C)C)ccc32)c1-c1nc2ccccc2n1-c1ccccc1. The highest BCUT2D eigenvalue weighted by molar-refractivity contribution is 6.09. The molecule has 3 heterocycles. The van der Waals surface area contributed by atoms with E-state index in [0.29, 0.717) is 11.6 Å². The molecule has 4 nitrogen and oxygen atoms in total. The van der Waals surface area contributed by atoms with E-state index in [1.54, 1.807) is 0 Å². The van der Waals surface area contributed by atoms with Gasteiger partial charge in [0.2, 0.25) is 5.71 Å². The minimum atomic E-state index is 0.544. The average molecular weight is 432 g/mol. The van der Waals surface area contributed by atoms with Crippen molar-refractivity contribution in [2.75, 3.05) is 0 Å². The fourth-order valence-corrected chi connectivity index (χ4v) is 4.70. The van der Waals surface area contributed by atoms with E-state index >= 15 is 0 Å². The second kappa shape index (κ2) is 7.59. The normalized spacial score (nSPS) is 11.9. The molecule has 0 spiro atoms. The lowest BCUT2D eigenvalue weighted by Gasteiger charge is -2.11. The summed E-state index contributed by atoms with van der Waals surface area (Å²) in [6.45, 7) is 6.54. The van der Waals surface area contributed by atoms with E-state index in [2.05, 4.69) is 92.1 Å². The van der Waals surface area contributed by atoms with Crippen molar-refractivity contribution in [2.24, 2.45) is 5.92 Å². The maximum atomic E-state index is 6.46. The van der Waals surface area contributed by atoms with Gasteiger partial charge in [0.1, 0.15) is 11.4 Å². The summed E-state index contributed by atoms with van der Waals surface area (Å²) in [7, 11) is 0. The molecule has 0 bridgehead atoms. The molecule has 6 rings (SSSR count). The third kappa shape index (κ3) is 3.21. The molecule has 0 aliphatic rings. The summed E-state index contributed by atoms with van der Waals surface area (Å²) in [4.78, 5) is 9.93. The number of aromatic nitrogens is 3. The number of rotatable bonds is 4. The first-order chi connectivity index (χ1) is 16.1. The first-order valence-electron chi connectivity index (χ1n) is 11.4. The number of hydrogen-bond donors (Lipinski definition) is 0. The summed E-state index contributed by atoms with van der Waals surface area (Å²) in [5.74, 6) is 1.43. The van der Waals surface area contributed by atoms with Gasteiger partial charge in [-0.25, -0.2) is 9.97 Å². The van der Waals surface area contributed by atoms with Crippen LogP contribution in [0, 0.1) is 12.8 Å². The zero-order valence-corrected chi connectivity index (χ0v) is 19.0. The van der Waals surface area contributed by atoms with Gasteiger partial charge in [0.05, 0.1) is 16.6 Å². The first-order valence-corrected chi connectivity index (χ1v) is 11.4. The van der Waals surface area contributed by atoms with Crippen molar-refractivity contribution in [2.45, 2.75) is 27.2 Å². The number of aryl methyl sites for hydroxylation is 1. The molecular weight excluding hydrogens is 406 g/mol. The van der Waals surface area contributed by atoms with Crippen LogP contribution in [0.4, 0.5) is 0 Å². The molecule has 0 unspecified atom stereocenters. The topological polar surface area (TPSA) is 43.9 Å². The average Bonchev–Trinajstić information content (AvgIpc) is 3.37. The highest BCUT2D eigenvalue weighted by atomic mass is 16.3. The van der Waals surface area contributed by atoms with Crippen molar-refractivity contribution in [1.82, 2.24) is 14.5 Å². The Balaban J connectivity index is 1.67. The Morgan fingerprint density at radius 1 is 0.818 bits per heavy atom. The number of imidazole rings is 1. The first kappa shape index (κ1) is 19.7. The second-order valence-corrected chi connectivity index (χ2v) is 9.08. The largest absolute Gasteiger partial charge is 0.437 e. The number of hydrogen-bond acceptors (Lipinski definition) is 3. The van der Waals surface area contributed by atoms with Crippen LogP contribution >= 0.6 is 0 Å². The highest BCUT2D eigenvalue weighted by Crippen LogP contribution is 2.39. The van der Waals surface area contributed by atoms with Gasteiger partial charge in [-0.3, -0.25) is 4.57 Å². The molecule has 6 aromatic rings. The molecule has 0 radical (unpaired) electrons. The highest BCUT2D eigenvalue weighted by Gasteiger charge is 2.22. The Morgan fingerprint density at radius 2 is 1.58 bits per heavy atom. The molecule has 0 fully saturated rings. The summed E-state index contributed by atoms with van der Waals surface area (Å²) < 4.78 is 8.69. The van der Waals surface area contributed by atoms with Crippen molar-refractivity contribution in [3.63, 3.8) is 0 Å². The van der Waals surface area contributed by atoms with Gasteiger partial charge in [-0.2, -0.15) is 0 Å². The third-order valence-electron chi connectivity index (χ3n) is 6.19. The van der Waals surface area contributed by atoms with E-state index < -0.39 is 0 Å². The predicted molar refractivity (Wildman–Crippen MR) is 135 cm³/mol. The Morgan fingerprint density at radius 3 is 2.39 bits per heavy atom. The van der Waals surface area contributed by atoms with Crippen molar-refractivity contribution < 1.29 is 4.42 Å². The number of furan rings is 1. The molecule has 0 aliphatic heterocycles. The van der Waals surface area contributed by atoms with Crippen LogP contribution in [-0.4, -0.2) is 14.5 Å². The maximum Gasteiger partial charge on any atom is 0.227 e. The van der Waals surface area contributed by atoms with Gasteiger partial charge in [-0.15, -0.1) is 0 Å². The van der Waals surface area contributed by atoms with Crippen molar-refractivity contribution >= 4 is 33.1 Å². The van der Waals surface area contributed by atoms with Gasteiger partial charge >= 0.3 is 0 Å². The lowest BCUT2D eigenvalue weighted by Crippen LogP contribution is -1.99. The third-order valence-corrected chi connectivity index (χ3v) is 6.19. The monoisotopic (exact) mass is 431 g/mol. The summed E-state index contributed by atoms with van der Waals surface area (Å²) in [6.07, 6.45) is 0.933. The Hall–Kier alpha value is -3.92. The summed E-state index contributed by atoms with van der Waals surface area (Å²) in [5.41, 5.74) is 7.83. The summed E-state index contributed by atoms with van der Waals surface area (Å²) in [6, 6.07) is 27.2. The number of pyridine rings is 1. The second-order valence-electron chi connectivity index (χ2n) is 9.08. The predicted octanol–water partition coefficient (Wildman–Crippen LogP) is 7.49. The van der Waals surface area contributed by atoms with E-state index in [1.165, 1.54) is 0 Å². The van der Waals surface area contributed by atoms with Crippen LogP contribution in [0.25, 0.3) is 50.2 Å². The lowest BCUT2D eigenvalue weighted by atomic mass is 10.0. The molecule has 0 aliphatic carbocycles. The molecule has 0 saturated heterocycles. The van der Waals surface area contributed by atoms with Gasteiger partial charge < -0.3 is 4.42 Å². The molecular formula is C29H25N3O. The number of para-hydroxylation sites is 3. The van der Waals surface area contributed by atoms with Crippen LogP contribution in [0.3, 0.4) is 0 Å². The fraction of sp³-hybridized carbons (Fsp3) is 0.172. The van der Waals surface area contributed by atoms with E-state index in [0.717, 1.165) is 62.1 Å². The van der Waals surface area contributed by atoms with Gasteiger partial charge in [0, 0.05) is 22.2 Å². The van der Waals surface area contributed by atoms with Gasteiger partial charge in [-0.05, 0) is 61.2 Å². The van der Waals surface area contributed by atoms with Gasteiger partial charge in [0.15, 0.2) is 0 Å². The van der Waals surface area contributed by atoms with Crippen LogP contribution in [-0.2, 0) is 6.42 Å². The molecule has 33 heavy (non-hydrogen) atoms. The Labute approximate surface area is 192 Å². The number of benzene rings is 3. The summed E-state index contributed by atoms with van der Waals surface area (Å²) in [5, 5.41) is 2.11. The zero-order chi connectivity index (χ0) is 22.5. The number of nitrogens with zero attached hydrogens (tertiary/aromatic N) is 3. The Kier molecular flexibility index (Phi) is 4.54. The van der Waals surface area contributed by atoms with Crippen LogP contribution in [0.15, 0.2) is 83.3 Å². The molecule has 0 N–H and O–H groups in total. The molecule has 0 amide bonds. The van der Waals surface area contributed by atoms with E-state index in [9.17, 15) is 0 Å². The molecule has 3 aromatic heterocycles. The smallest absolute Gasteiger partial charge is 0.227 e. The quantitative estimate of drug-likeness (QED) is 0.290. The van der Waals surface area contributed by atoms with Crippen molar-refractivity contribution in [3.05, 3.63) is 90.1 Å². The number of fused-ring (bicyclic) bond motifs is 4. The summed E-state index contributed by atoms with van der Waals surface area (Å²) >= 11 is 0. The van der Waals surface area contributed by atoms with E-state index in [-0.39, 0.29) is 0 Å². The van der Waals surface area contributed by atoms with Crippen LogP contribution in [0.1, 0.15) is 25.1 Å². The standard InChI is InChI=1S/C29H25N3O/c1-18(2)17-20-14-16-23-22-15-13-19(3)26(27(22)33-29(23)30-20)28-31-24-11-7-8-12-25(24)32(28)21-9-5-4-6-10-21/h4-16,18H,17H2,1-3H3. The molecule has 162 valence electrons. The van der Waals surface area contributed by atoms with E-state index in [4.69, 9.17) is 14.4 Å². The maximum absolute atomic E-state index is 6.46. The fourth-order valence-electron chi connectivity index (χ4n) is 4.70. The zero-order valence-electron chi connectivity index (χ0n) is 19.0. The Bertz CT molecular complexity index is 1620. The van der Waals surface area contributed by atoms with Gasteiger partial charge in [0.25, 0.3) is 0 Å². The molecule has 4 heteroatoms. The minimum absolute atomic E-state index is 0.544. The van der Waals surface area contributed by atoms with Crippen molar-refractivity contribution in [1.29, 1.82) is 0 Å². The van der Waals surface area contributed by atoms with Gasteiger partial charge in [-0.1, -0.05) is 56.3 Å². The van der Waals surface area contributed by atoms with Crippen molar-refractivity contribution in [3.8, 4) is 17.1 Å². The molecule has 3 aromatic carbocycles. The van der Waals surface area contributed by atoms with Crippen LogP contribution in [0.2, 0.25) is 0 Å². The molecule has 0 saturated carbocycles. The van der Waals surface area contributed by atoms with E-state index in [1.807, 2.05) is 12.1 Å². The van der Waals surface area contributed by atoms with Crippen LogP contribution < -0.4 is 0 Å². The molecule has 0 atom stereocenters.